The van der Waals surface area contributed by atoms with E-state index in [9.17, 15) is 0 Å². The Morgan fingerprint density at radius 2 is 2.25 bits per heavy atom. The van der Waals surface area contributed by atoms with Crippen LogP contribution in [0, 0.1) is 0 Å². The molecule has 0 aliphatic heterocycles. The van der Waals surface area contributed by atoms with Crippen LogP contribution in [-0.4, -0.2) is 11.5 Å². The van der Waals surface area contributed by atoms with Crippen molar-refractivity contribution in [1.82, 2.24) is 4.98 Å². The van der Waals surface area contributed by atoms with E-state index in [0.29, 0.717) is 6.54 Å². The fraction of sp³-hybridized carbons (Fsp3) is 0.462. The number of rotatable bonds is 3. The average Bonchev–Trinajstić information content (AvgIpc) is 2.57. The lowest BCUT2D eigenvalue weighted by atomic mass is 9.86. The van der Waals surface area contributed by atoms with Gasteiger partial charge in [0.05, 0.1) is 15.2 Å². The van der Waals surface area contributed by atoms with Crippen LogP contribution in [0.25, 0.3) is 10.2 Å². The Bertz CT molecular complexity index is 500. The van der Waals surface area contributed by atoms with Crippen molar-refractivity contribution in [3.8, 4) is 0 Å². The highest BCUT2D eigenvalue weighted by molar-refractivity contribution is 7.18. The first-order chi connectivity index (χ1) is 7.86. The topological polar surface area (TPSA) is 38.9 Å². The van der Waals surface area contributed by atoms with Gasteiger partial charge in [0.25, 0.3) is 0 Å². The molecule has 2 aromatic rings. The van der Waals surface area contributed by atoms with E-state index in [-0.39, 0.29) is 0 Å². The van der Waals surface area contributed by atoms with Gasteiger partial charge in [0.15, 0.2) is 0 Å². The second kappa shape index (κ2) is 4.15. The minimum atomic E-state index is 0.713. The maximum absolute atomic E-state index is 5.57. The van der Waals surface area contributed by atoms with Crippen LogP contribution in [0.5, 0.6) is 0 Å². The summed E-state index contributed by atoms with van der Waals surface area (Å²) in [5.74, 6) is 0.746. The molecule has 0 amide bonds. The first-order valence-corrected chi connectivity index (χ1v) is 6.78. The van der Waals surface area contributed by atoms with E-state index in [1.54, 1.807) is 0 Å². The van der Waals surface area contributed by atoms with Gasteiger partial charge in [0.2, 0.25) is 0 Å². The average molecular weight is 232 g/mol. The zero-order valence-electron chi connectivity index (χ0n) is 9.28. The van der Waals surface area contributed by atoms with Gasteiger partial charge < -0.3 is 5.73 Å². The van der Waals surface area contributed by atoms with Gasteiger partial charge >= 0.3 is 0 Å². The standard InChI is InChI=1S/C13H16N2S/c14-7-6-9-4-5-12-11(8-9)15-13(16-12)10-2-1-3-10/h4-5,8,10H,1-3,6-7,14H2. The molecule has 16 heavy (non-hydrogen) atoms. The third-order valence-electron chi connectivity index (χ3n) is 3.36. The summed E-state index contributed by atoms with van der Waals surface area (Å²) in [5.41, 5.74) is 8.04. The third-order valence-corrected chi connectivity index (χ3v) is 4.55. The van der Waals surface area contributed by atoms with Crippen molar-refractivity contribution in [2.45, 2.75) is 31.6 Å². The predicted molar refractivity (Wildman–Crippen MR) is 69.0 cm³/mol. The van der Waals surface area contributed by atoms with Gasteiger partial charge in [0.1, 0.15) is 0 Å². The minimum absolute atomic E-state index is 0.713. The molecule has 0 bridgehead atoms. The van der Waals surface area contributed by atoms with E-state index in [1.807, 2.05) is 11.3 Å². The second-order valence-electron chi connectivity index (χ2n) is 4.52. The number of nitrogens with zero attached hydrogens (tertiary/aromatic N) is 1. The molecule has 0 unspecified atom stereocenters. The minimum Gasteiger partial charge on any atom is -0.330 e. The van der Waals surface area contributed by atoms with Crippen LogP contribution in [0.4, 0.5) is 0 Å². The molecular formula is C13H16N2S. The first-order valence-electron chi connectivity index (χ1n) is 5.96. The van der Waals surface area contributed by atoms with E-state index >= 15 is 0 Å². The van der Waals surface area contributed by atoms with Crippen LogP contribution in [0.15, 0.2) is 18.2 Å². The van der Waals surface area contributed by atoms with E-state index in [2.05, 4.69) is 18.2 Å². The summed E-state index contributed by atoms with van der Waals surface area (Å²) in [4.78, 5) is 4.76. The number of hydrogen-bond acceptors (Lipinski definition) is 3. The monoisotopic (exact) mass is 232 g/mol. The summed E-state index contributed by atoms with van der Waals surface area (Å²) < 4.78 is 1.32. The summed E-state index contributed by atoms with van der Waals surface area (Å²) in [5, 5.41) is 1.34. The van der Waals surface area contributed by atoms with Gasteiger partial charge in [-0.25, -0.2) is 4.98 Å². The zero-order valence-corrected chi connectivity index (χ0v) is 10.1. The van der Waals surface area contributed by atoms with Gasteiger partial charge in [-0.3, -0.25) is 0 Å². The van der Waals surface area contributed by atoms with Crippen molar-refractivity contribution in [2.24, 2.45) is 5.73 Å². The van der Waals surface area contributed by atoms with Crippen LogP contribution < -0.4 is 5.73 Å². The smallest absolute Gasteiger partial charge is 0.0969 e. The molecule has 1 aromatic carbocycles. The molecule has 1 heterocycles. The lowest BCUT2D eigenvalue weighted by molar-refractivity contribution is 0.419. The molecule has 1 aromatic heterocycles. The van der Waals surface area contributed by atoms with E-state index in [4.69, 9.17) is 10.7 Å². The molecule has 0 saturated heterocycles. The summed E-state index contributed by atoms with van der Waals surface area (Å²) in [6.07, 6.45) is 4.98. The van der Waals surface area contributed by atoms with E-state index < -0.39 is 0 Å². The molecule has 0 atom stereocenters. The van der Waals surface area contributed by atoms with Gasteiger partial charge in [-0.1, -0.05) is 12.5 Å². The first kappa shape index (κ1) is 10.2. The lowest BCUT2D eigenvalue weighted by Gasteiger charge is -2.22. The Morgan fingerprint density at radius 1 is 1.38 bits per heavy atom. The fourth-order valence-electron chi connectivity index (χ4n) is 2.14. The van der Waals surface area contributed by atoms with Crippen LogP contribution in [0.1, 0.15) is 35.8 Å². The normalized spacial score (nSPS) is 16.6. The van der Waals surface area contributed by atoms with Gasteiger partial charge in [-0.05, 0) is 43.5 Å². The van der Waals surface area contributed by atoms with Gasteiger partial charge in [0, 0.05) is 5.92 Å². The maximum Gasteiger partial charge on any atom is 0.0969 e. The van der Waals surface area contributed by atoms with Crippen molar-refractivity contribution in [3.05, 3.63) is 28.8 Å². The van der Waals surface area contributed by atoms with E-state index in [0.717, 1.165) is 17.9 Å². The van der Waals surface area contributed by atoms with Crippen molar-refractivity contribution in [1.29, 1.82) is 0 Å². The largest absolute Gasteiger partial charge is 0.330 e. The number of thiazole rings is 1. The Balaban J connectivity index is 1.96. The Labute approximate surface area is 99.5 Å². The molecule has 2 nitrogen and oxygen atoms in total. The van der Waals surface area contributed by atoms with Crippen LogP contribution in [-0.2, 0) is 6.42 Å². The summed E-state index contributed by atoms with van der Waals surface area (Å²) >= 11 is 1.87. The van der Waals surface area contributed by atoms with Crippen molar-refractivity contribution in [2.75, 3.05) is 6.54 Å². The summed E-state index contributed by atoms with van der Waals surface area (Å²) in [6.45, 7) is 0.713. The third kappa shape index (κ3) is 1.74. The fourth-order valence-corrected chi connectivity index (χ4v) is 3.26. The van der Waals surface area contributed by atoms with Gasteiger partial charge in [-0.15, -0.1) is 11.3 Å². The Hall–Kier alpha value is -0.930. The SMILES string of the molecule is NCCc1ccc2sc(C3CCC3)nc2c1. The molecule has 84 valence electrons. The molecule has 1 aliphatic carbocycles. The lowest BCUT2D eigenvalue weighted by Crippen LogP contribution is -2.07. The highest BCUT2D eigenvalue weighted by Crippen LogP contribution is 2.39. The maximum atomic E-state index is 5.57. The molecule has 2 N–H and O–H groups in total. The van der Waals surface area contributed by atoms with Crippen LogP contribution in [0.2, 0.25) is 0 Å². The highest BCUT2D eigenvalue weighted by Gasteiger charge is 2.22. The highest BCUT2D eigenvalue weighted by atomic mass is 32.1. The van der Waals surface area contributed by atoms with E-state index in [1.165, 1.54) is 34.5 Å². The molecule has 1 saturated carbocycles. The molecule has 1 aliphatic rings. The molecule has 1 fully saturated rings. The molecule has 3 heteroatoms. The molecule has 0 spiro atoms. The molecule has 0 radical (unpaired) electrons. The quantitative estimate of drug-likeness (QED) is 0.883. The Morgan fingerprint density at radius 3 is 2.94 bits per heavy atom. The van der Waals surface area contributed by atoms with Crippen LogP contribution >= 0.6 is 11.3 Å². The number of aromatic nitrogens is 1. The zero-order chi connectivity index (χ0) is 11.0. The molecule has 3 rings (SSSR count). The summed E-state index contributed by atoms with van der Waals surface area (Å²) in [7, 11) is 0. The predicted octanol–water partition coefficient (Wildman–Crippen LogP) is 3.07. The Kier molecular flexibility index (Phi) is 2.65. The second-order valence-corrected chi connectivity index (χ2v) is 5.58. The number of benzene rings is 1. The van der Waals surface area contributed by atoms with Crippen molar-refractivity contribution in [3.63, 3.8) is 0 Å². The number of hydrogen-bond donors (Lipinski definition) is 1. The number of fused-ring (bicyclic) bond motifs is 1. The van der Waals surface area contributed by atoms with Crippen LogP contribution in [0.3, 0.4) is 0 Å². The van der Waals surface area contributed by atoms with Crippen molar-refractivity contribution >= 4 is 21.6 Å². The molecular weight excluding hydrogens is 216 g/mol. The van der Waals surface area contributed by atoms with Crippen molar-refractivity contribution < 1.29 is 0 Å². The van der Waals surface area contributed by atoms with Gasteiger partial charge in [-0.2, -0.15) is 0 Å². The number of nitrogens with two attached hydrogens (primary N) is 1. The summed E-state index contributed by atoms with van der Waals surface area (Å²) in [6, 6.07) is 6.57.